The first kappa shape index (κ1) is 18.2. The second-order valence-electron chi connectivity index (χ2n) is 6.93. The Kier molecular flexibility index (Phi) is 5.12. The van der Waals surface area contributed by atoms with E-state index in [2.05, 4.69) is 29.7 Å². The summed E-state index contributed by atoms with van der Waals surface area (Å²) in [4.78, 5) is 43.1. The highest BCUT2D eigenvalue weighted by Crippen LogP contribution is 2.16. The Balaban J connectivity index is 1.41. The van der Waals surface area contributed by atoms with E-state index in [1.165, 1.54) is 6.20 Å². The molecule has 1 aliphatic rings. The van der Waals surface area contributed by atoms with E-state index in [0.29, 0.717) is 18.4 Å². The summed E-state index contributed by atoms with van der Waals surface area (Å²) in [5, 5.41) is 0. The molecule has 0 atom stereocenters. The van der Waals surface area contributed by atoms with Crippen molar-refractivity contribution in [3.63, 3.8) is 0 Å². The number of fused-ring (bicyclic) bond motifs is 1. The van der Waals surface area contributed by atoms with Crippen LogP contribution in [0.5, 0.6) is 0 Å². The summed E-state index contributed by atoms with van der Waals surface area (Å²) in [6.45, 7) is 6.21. The van der Waals surface area contributed by atoms with Gasteiger partial charge in [-0.3, -0.25) is 19.5 Å². The highest BCUT2D eigenvalue weighted by Gasteiger charge is 2.18. The minimum atomic E-state index is -0.0377. The van der Waals surface area contributed by atoms with Crippen molar-refractivity contribution < 1.29 is 4.79 Å². The van der Waals surface area contributed by atoms with Crippen LogP contribution in [-0.2, 0) is 13.0 Å². The lowest BCUT2D eigenvalue weighted by Gasteiger charge is -2.35. The number of nitrogens with zero attached hydrogens (tertiary/aromatic N) is 5. The zero-order valence-corrected chi connectivity index (χ0v) is 15.8. The molecular formula is C20H22N6O2. The number of H-pyrrole nitrogens is 1. The molecular weight excluding hydrogens is 356 g/mol. The van der Waals surface area contributed by atoms with Crippen molar-refractivity contribution in [1.82, 2.24) is 24.8 Å². The summed E-state index contributed by atoms with van der Waals surface area (Å²) in [6, 6.07) is 3.88. The van der Waals surface area contributed by atoms with Crippen LogP contribution in [0.3, 0.4) is 0 Å². The first-order valence-electron chi connectivity index (χ1n) is 9.41. The predicted octanol–water partition coefficient (Wildman–Crippen LogP) is 1.41. The van der Waals surface area contributed by atoms with Crippen LogP contribution >= 0.6 is 0 Å². The molecule has 0 saturated carbocycles. The second kappa shape index (κ2) is 7.85. The summed E-state index contributed by atoms with van der Waals surface area (Å²) in [6.07, 6.45) is 6.42. The van der Waals surface area contributed by atoms with Gasteiger partial charge in [-0.25, -0.2) is 9.97 Å². The molecule has 144 valence electrons. The monoisotopic (exact) mass is 378 g/mol. The Morgan fingerprint density at radius 1 is 1.07 bits per heavy atom. The average molecular weight is 378 g/mol. The van der Waals surface area contributed by atoms with Gasteiger partial charge in [0.2, 0.25) is 0 Å². The predicted molar refractivity (Wildman–Crippen MR) is 107 cm³/mol. The lowest BCUT2D eigenvalue weighted by molar-refractivity contribution is 0.111. The molecule has 3 aromatic heterocycles. The molecule has 0 unspecified atom stereocenters. The Morgan fingerprint density at radius 3 is 2.57 bits per heavy atom. The van der Waals surface area contributed by atoms with E-state index in [1.807, 2.05) is 25.3 Å². The zero-order chi connectivity index (χ0) is 19.5. The SMILES string of the molecule is CCc1cc2ncc(CN3CCN(c4cnc(C=O)cn4)CC3)cc2[nH]c1=O. The summed E-state index contributed by atoms with van der Waals surface area (Å²) in [5.41, 5.74) is 3.75. The van der Waals surface area contributed by atoms with E-state index in [1.54, 1.807) is 6.20 Å². The maximum absolute atomic E-state index is 12.0. The van der Waals surface area contributed by atoms with Gasteiger partial charge in [-0.2, -0.15) is 0 Å². The number of anilines is 1. The summed E-state index contributed by atoms with van der Waals surface area (Å²) >= 11 is 0. The fourth-order valence-electron chi connectivity index (χ4n) is 3.46. The van der Waals surface area contributed by atoms with Gasteiger partial charge >= 0.3 is 0 Å². The first-order chi connectivity index (χ1) is 13.7. The molecule has 1 saturated heterocycles. The third-order valence-electron chi connectivity index (χ3n) is 5.09. The molecule has 8 nitrogen and oxygen atoms in total. The average Bonchev–Trinajstić information content (AvgIpc) is 2.74. The van der Waals surface area contributed by atoms with E-state index in [9.17, 15) is 9.59 Å². The summed E-state index contributed by atoms with van der Waals surface area (Å²) < 4.78 is 0. The van der Waals surface area contributed by atoms with Gasteiger partial charge in [0.1, 0.15) is 11.5 Å². The van der Waals surface area contributed by atoms with Crippen LogP contribution in [0.1, 0.15) is 28.5 Å². The highest BCUT2D eigenvalue weighted by atomic mass is 16.1. The van der Waals surface area contributed by atoms with E-state index in [-0.39, 0.29) is 5.56 Å². The molecule has 1 fully saturated rings. The maximum Gasteiger partial charge on any atom is 0.251 e. The third-order valence-corrected chi connectivity index (χ3v) is 5.09. The number of aromatic nitrogens is 4. The number of aromatic amines is 1. The Bertz CT molecular complexity index is 1040. The molecule has 0 bridgehead atoms. The fourth-order valence-corrected chi connectivity index (χ4v) is 3.46. The van der Waals surface area contributed by atoms with E-state index < -0.39 is 0 Å². The minimum Gasteiger partial charge on any atom is -0.353 e. The molecule has 1 N–H and O–H groups in total. The number of hydrogen-bond donors (Lipinski definition) is 1. The lowest BCUT2D eigenvalue weighted by atomic mass is 10.1. The molecule has 0 aliphatic carbocycles. The molecule has 0 amide bonds. The van der Waals surface area contributed by atoms with Crippen molar-refractivity contribution >= 4 is 23.1 Å². The van der Waals surface area contributed by atoms with E-state index >= 15 is 0 Å². The topological polar surface area (TPSA) is 95.1 Å². The molecule has 8 heteroatoms. The van der Waals surface area contributed by atoms with Gasteiger partial charge in [0.25, 0.3) is 5.56 Å². The molecule has 0 aromatic carbocycles. The van der Waals surface area contributed by atoms with Crippen molar-refractivity contribution in [2.45, 2.75) is 19.9 Å². The first-order valence-corrected chi connectivity index (χ1v) is 9.41. The standard InChI is InChI=1S/C20H22N6O2/c1-2-15-8-17-18(24-20(15)28)7-14(9-22-17)12-25-3-5-26(6-4-25)19-11-21-16(13-27)10-23-19/h7-11,13H,2-6,12H2,1H3,(H,24,28). The van der Waals surface area contributed by atoms with Crippen molar-refractivity contribution in [2.75, 3.05) is 31.1 Å². The lowest BCUT2D eigenvalue weighted by Crippen LogP contribution is -2.46. The zero-order valence-electron chi connectivity index (χ0n) is 15.8. The molecule has 0 spiro atoms. The highest BCUT2D eigenvalue weighted by molar-refractivity contribution is 5.74. The van der Waals surface area contributed by atoms with Crippen molar-refractivity contribution in [3.05, 3.63) is 57.9 Å². The van der Waals surface area contributed by atoms with Gasteiger partial charge in [-0.05, 0) is 24.1 Å². The van der Waals surface area contributed by atoms with Crippen molar-refractivity contribution in [2.24, 2.45) is 0 Å². The Morgan fingerprint density at radius 2 is 1.89 bits per heavy atom. The molecule has 0 radical (unpaired) electrons. The molecule has 28 heavy (non-hydrogen) atoms. The van der Waals surface area contributed by atoms with Gasteiger partial charge in [-0.15, -0.1) is 0 Å². The van der Waals surface area contributed by atoms with Gasteiger partial charge in [0, 0.05) is 44.5 Å². The number of pyridine rings is 2. The third kappa shape index (κ3) is 3.77. The fraction of sp³-hybridized carbons (Fsp3) is 0.350. The van der Waals surface area contributed by atoms with Gasteiger partial charge in [0.05, 0.1) is 23.4 Å². The smallest absolute Gasteiger partial charge is 0.251 e. The number of aldehydes is 1. The molecule has 4 rings (SSSR count). The van der Waals surface area contributed by atoms with Crippen LogP contribution in [0.4, 0.5) is 5.82 Å². The summed E-state index contributed by atoms with van der Waals surface area (Å²) in [7, 11) is 0. The van der Waals surface area contributed by atoms with Crippen LogP contribution in [0.2, 0.25) is 0 Å². The number of piperazine rings is 1. The van der Waals surface area contributed by atoms with Crippen molar-refractivity contribution in [3.8, 4) is 0 Å². The van der Waals surface area contributed by atoms with Gasteiger partial charge in [-0.1, -0.05) is 6.92 Å². The quantitative estimate of drug-likeness (QED) is 0.671. The largest absolute Gasteiger partial charge is 0.353 e. The number of aryl methyl sites for hydroxylation is 1. The normalized spacial score (nSPS) is 15.1. The Hall–Kier alpha value is -3.13. The molecule has 1 aliphatic heterocycles. The number of carbonyl (C=O) groups is 1. The number of nitrogens with one attached hydrogen (secondary N) is 1. The molecule has 3 aromatic rings. The van der Waals surface area contributed by atoms with Crippen LogP contribution < -0.4 is 10.5 Å². The molecule has 4 heterocycles. The number of hydrogen-bond acceptors (Lipinski definition) is 7. The minimum absolute atomic E-state index is 0.0377. The van der Waals surface area contributed by atoms with Crippen molar-refractivity contribution in [1.29, 1.82) is 0 Å². The Labute approximate surface area is 162 Å². The van der Waals surface area contributed by atoms with Crippen LogP contribution in [0.25, 0.3) is 11.0 Å². The second-order valence-corrected chi connectivity index (χ2v) is 6.93. The number of rotatable bonds is 5. The van der Waals surface area contributed by atoms with Crippen LogP contribution in [-0.4, -0.2) is 57.3 Å². The van der Waals surface area contributed by atoms with E-state index in [0.717, 1.165) is 60.7 Å². The number of carbonyl (C=O) groups excluding carboxylic acids is 1. The van der Waals surface area contributed by atoms with Gasteiger partial charge in [0.15, 0.2) is 6.29 Å². The van der Waals surface area contributed by atoms with Gasteiger partial charge < -0.3 is 9.88 Å². The maximum atomic E-state index is 12.0. The van der Waals surface area contributed by atoms with E-state index in [4.69, 9.17) is 0 Å². The summed E-state index contributed by atoms with van der Waals surface area (Å²) in [5.74, 6) is 0.793. The van der Waals surface area contributed by atoms with Crippen LogP contribution in [0.15, 0.2) is 35.5 Å². The van der Waals surface area contributed by atoms with Crippen LogP contribution in [0, 0.1) is 0 Å².